The maximum atomic E-state index is 15.9. The van der Waals surface area contributed by atoms with Crippen LogP contribution in [0.2, 0.25) is 0 Å². The molecular formula is C41H49FN3O8. The summed E-state index contributed by atoms with van der Waals surface area (Å²) in [5, 5.41) is 27.1. The fourth-order valence-electron chi connectivity index (χ4n) is 11.0. The van der Waals surface area contributed by atoms with Crippen molar-refractivity contribution in [2.75, 3.05) is 38.3 Å². The van der Waals surface area contributed by atoms with Crippen LogP contribution in [0.4, 0.5) is 10.1 Å². The van der Waals surface area contributed by atoms with Crippen molar-refractivity contribution in [3.05, 3.63) is 64.1 Å². The minimum absolute atomic E-state index is 0.00585. The highest BCUT2D eigenvalue weighted by Crippen LogP contribution is 2.67. The third kappa shape index (κ3) is 5.53. The van der Waals surface area contributed by atoms with Crippen molar-refractivity contribution in [2.45, 2.75) is 89.5 Å². The Balaban J connectivity index is 1.01. The van der Waals surface area contributed by atoms with E-state index in [1.54, 1.807) is 12.2 Å². The van der Waals surface area contributed by atoms with Gasteiger partial charge < -0.3 is 34.5 Å². The second kappa shape index (κ2) is 12.9. The number of ether oxygens (including phenoxy) is 2. The smallest absolute Gasteiger partial charge is 0.343 e. The molecule has 53 heavy (non-hydrogen) atoms. The van der Waals surface area contributed by atoms with Gasteiger partial charge in [-0.25, -0.2) is 9.18 Å². The maximum absolute atomic E-state index is 15.9. The monoisotopic (exact) mass is 730 g/mol. The van der Waals surface area contributed by atoms with Crippen molar-refractivity contribution >= 4 is 34.1 Å². The zero-order valence-electron chi connectivity index (χ0n) is 30.8. The number of aromatic nitrogens is 1. The standard InChI is InChI=1S/C41H49FN3O8/c1-22-20-44(15-14-43-22)35-30(42)18-27-34(37(35)52-4)45(24-6-7-24)21-28(36(27)49)38(50)53-16-11-32(48)41(51)13-10-29-26-8-5-23-17-25(46)9-12-39(23,2)33(26)31(47)19-40(29,41)3/h9,11-12,17-18,21-22,24,26,29,31,33,43,47,51H,5-8,10,13-16,19-20H2,1-4H3/t22?,26-,29-,31-,33?,39-,40-,41-/m1/s1. The second-order valence-corrected chi connectivity index (χ2v) is 16.7. The molecule has 1 aromatic heterocycles. The molecule has 1 radical (unpaired) electrons. The lowest BCUT2D eigenvalue weighted by molar-refractivity contribution is -0.174. The number of anilines is 1. The van der Waals surface area contributed by atoms with E-state index < -0.39 is 52.1 Å². The van der Waals surface area contributed by atoms with Crippen LogP contribution in [-0.2, 0) is 14.3 Å². The van der Waals surface area contributed by atoms with Gasteiger partial charge in [0.2, 0.25) is 5.43 Å². The quantitative estimate of drug-likeness (QED) is 0.338. The molecule has 3 N–H and O–H groups in total. The Morgan fingerprint density at radius 2 is 1.94 bits per heavy atom. The third-order valence-corrected chi connectivity index (χ3v) is 13.8. The molecule has 283 valence electrons. The second-order valence-electron chi connectivity index (χ2n) is 16.7. The lowest BCUT2D eigenvalue weighted by Crippen LogP contribution is -2.61. The van der Waals surface area contributed by atoms with Crippen LogP contribution in [0.25, 0.3) is 10.9 Å². The number of esters is 1. The van der Waals surface area contributed by atoms with E-state index in [-0.39, 0.29) is 70.8 Å². The maximum Gasteiger partial charge on any atom is 0.343 e. The van der Waals surface area contributed by atoms with E-state index in [0.717, 1.165) is 37.7 Å². The Morgan fingerprint density at radius 3 is 2.66 bits per heavy atom. The first kappa shape index (κ1) is 36.1. The number of methoxy groups -OCH3 is 1. The van der Waals surface area contributed by atoms with Crippen molar-refractivity contribution in [1.29, 1.82) is 0 Å². The first-order valence-electron chi connectivity index (χ1n) is 19.0. The molecule has 5 fully saturated rings. The fourth-order valence-corrected chi connectivity index (χ4v) is 11.0. The highest BCUT2D eigenvalue weighted by molar-refractivity contribution is 6.01. The van der Waals surface area contributed by atoms with Gasteiger partial charge in [0, 0.05) is 54.7 Å². The van der Waals surface area contributed by atoms with Gasteiger partial charge in [0.25, 0.3) is 0 Å². The number of rotatable bonds is 8. The first-order chi connectivity index (χ1) is 25.2. The number of fused-ring (bicyclic) bond motifs is 6. The number of aliphatic hydroxyl groups is 2. The predicted octanol–water partition coefficient (Wildman–Crippen LogP) is 4.22. The Bertz CT molecular complexity index is 2020. The normalized spacial score (nSPS) is 35.0. The van der Waals surface area contributed by atoms with E-state index in [1.807, 2.05) is 29.4 Å². The van der Waals surface area contributed by atoms with E-state index in [9.17, 15) is 29.4 Å². The molecule has 5 aliphatic carbocycles. The van der Waals surface area contributed by atoms with Gasteiger partial charge in [0.1, 0.15) is 23.5 Å². The molecule has 6 aliphatic rings. The van der Waals surface area contributed by atoms with E-state index >= 15 is 4.39 Å². The molecule has 11 nitrogen and oxygen atoms in total. The molecule has 2 aromatic rings. The number of carbonyl (C=O) groups excluding carboxylic acids is 3. The lowest BCUT2D eigenvalue weighted by atomic mass is 9.46. The molecule has 0 amide bonds. The number of nitrogens with zero attached hydrogens (tertiary/aromatic N) is 2. The van der Waals surface area contributed by atoms with Gasteiger partial charge in [-0.05, 0) is 81.9 Å². The van der Waals surface area contributed by atoms with Crippen molar-refractivity contribution < 1.29 is 38.5 Å². The number of aliphatic hydroxyl groups excluding tert-OH is 1. The Labute approximate surface area is 308 Å². The van der Waals surface area contributed by atoms with Gasteiger partial charge in [-0.3, -0.25) is 14.4 Å². The van der Waals surface area contributed by atoms with Crippen LogP contribution in [0.15, 0.2) is 40.9 Å². The molecule has 0 bridgehead atoms. The largest absolute Gasteiger partial charge is 0.492 e. The summed E-state index contributed by atoms with van der Waals surface area (Å²) in [5.41, 5.74) is -2.39. The Hall–Kier alpha value is -3.87. The van der Waals surface area contributed by atoms with Crippen LogP contribution in [-0.4, -0.2) is 83.4 Å². The molecule has 8 rings (SSSR count). The van der Waals surface area contributed by atoms with Gasteiger partial charge in [0.05, 0.1) is 30.5 Å². The molecule has 12 heteroatoms. The topological polar surface area (TPSA) is 147 Å². The number of ketones is 2. The molecule has 2 heterocycles. The number of allylic oxidation sites excluding steroid dienone is 4. The molecule has 1 saturated heterocycles. The van der Waals surface area contributed by atoms with Crippen LogP contribution in [0.1, 0.15) is 82.1 Å². The number of halogens is 1. The van der Waals surface area contributed by atoms with Crippen molar-refractivity contribution in [3.63, 3.8) is 0 Å². The van der Waals surface area contributed by atoms with Crippen LogP contribution in [0, 0.1) is 40.8 Å². The van der Waals surface area contributed by atoms with E-state index in [0.29, 0.717) is 31.6 Å². The summed E-state index contributed by atoms with van der Waals surface area (Å²) in [6, 6.07) is 1.30. The van der Waals surface area contributed by atoms with Gasteiger partial charge >= 0.3 is 5.97 Å². The number of hydrogen-bond donors (Lipinski definition) is 3. The zero-order valence-corrected chi connectivity index (χ0v) is 30.8. The number of nitrogens with one attached hydrogen (secondary N) is 1. The number of Topliss-reactive ketones (excluding diaryl/α,β-unsaturated/α-hetero) is 1. The van der Waals surface area contributed by atoms with Gasteiger partial charge in [-0.1, -0.05) is 25.5 Å². The first-order valence-corrected chi connectivity index (χ1v) is 19.0. The van der Waals surface area contributed by atoms with Gasteiger partial charge in [-0.15, -0.1) is 0 Å². The Kier molecular flexibility index (Phi) is 8.77. The summed E-state index contributed by atoms with van der Waals surface area (Å²) in [7, 11) is 1.45. The fraction of sp³-hybridized carbons (Fsp3) is 0.585. The zero-order chi connectivity index (χ0) is 37.6. The summed E-state index contributed by atoms with van der Waals surface area (Å²) in [6.07, 6.45) is 11.1. The summed E-state index contributed by atoms with van der Waals surface area (Å²) in [4.78, 5) is 55.3. The number of pyridine rings is 1. The van der Waals surface area contributed by atoms with Gasteiger partial charge in [-0.2, -0.15) is 0 Å². The number of piperazine rings is 1. The highest BCUT2D eigenvalue weighted by atomic mass is 19.1. The molecule has 0 spiro atoms. The molecule has 4 saturated carbocycles. The van der Waals surface area contributed by atoms with E-state index in [2.05, 4.69) is 12.2 Å². The van der Waals surface area contributed by atoms with Crippen molar-refractivity contribution in [1.82, 2.24) is 9.88 Å². The van der Waals surface area contributed by atoms with Crippen LogP contribution in [0.3, 0.4) is 0 Å². The van der Waals surface area contributed by atoms with Crippen molar-refractivity contribution in [2.24, 2.45) is 28.6 Å². The molecule has 8 atom stereocenters. The van der Waals surface area contributed by atoms with Crippen LogP contribution < -0.4 is 20.4 Å². The highest BCUT2D eigenvalue weighted by Gasteiger charge is 2.68. The average molecular weight is 731 g/mol. The minimum Gasteiger partial charge on any atom is -0.492 e. The predicted molar refractivity (Wildman–Crippen MR) is 195 cm³/mol. The van der Waals surface area contributed by atoms with Crippen LogP contribution >= 0.6 is 0 Å². The molecule has 2 unspecified atom stereocenters. The molecule has 1 aromatic carbocycles. The Morgan fingerprint density at radius 1 is 1.17 bits per heavy atom. The van der Waals surface area contributed by atoms with Crippen molar-refractivity contribution in [3.8, 4) is 5.75 Å². The SMILES string of the molecule is COc1c(N2CCNC(C)C2)c(F)cc2c(=O)c(C(=O)OC[CH]C(=O)[C@]3(O)CC[C@@H]4[C@H]5CCC6=CC(=O)C=C[C@@]6(C)C5[C@H](O)C[C@]43C)cn(C3CC3)c12. The number of carbonyl (C=O) groups is 3. The summed E-state index contributed by atoms with van der Waals surface area (Å²) >= 11 is 0. The van der Waals surface area contributed by atoms with E-state index in [4.69, 9.17) is 9.47 Å². The van der Waals surface area contributed by atoms with Gasteiger partial charge in [0.15, 0.2) is 23.1 Å². The molecular weight excluding hydrogens is 681 g/mol. The number of hydrogen-bond acceptors (Lipinski definition) is 10. The summed E-state index contributed by atoms with van der Waals surface area (Å²) < 4.78 is 29.0. The summed E-state index contributed by atoms with van der Waals surface area (Å²) in [5.74, 6) is -2.07. The third-order valence-electron chi connectivity index (χ3n) is 13.8. The number of benzene rings is 1. The molecule has 1 aliphatic heterocycles. The average Bonchev–Trinajstić information content (AvgIpc) is 3.92. The minimum atomic E-state index is -1.78. The lowest BCUT2D eigenvalue weighted by Gasteiger charge is -2.59. The summed E-state index contributed by atoms with van der Waals surface area (Å²) in [6.45, 7) is 7.29. The van der Waals surface area contributed by atoms with E-state index in [1.165, 1.54) is 19.4 Å². The van der Waals surface area contributed by atoms with Crippen LogP contribution in [0.5, 0.6) is 5.75 Å².